The maximum absolute atomic E-state index is 12.7. The van der Waals surface area contributed by atoms with Crippen LogP contribution in [0.3, 0.4) is 0 Å². The van der Waals surface area contributed by atoms with Gasteiger partial charge in [-0.05, 0) is 209 Å². The molecule has 4 unspecified atom stereocenters. The Bertz CT molecular complexity index is 5970. The number of carboxylic acids is 2. The summed E-state index contributed by atoms with van der Waals surface area (Å²) in [7, 11) is 2.50. The Morgan fingerprint density at radius 2 is 0.630 bits per heavy atom. The molecule has 0 spiro atoms. The van der Waals surface area contributed by atoms with Crippen LogP contribution in [0.4, 0.5) is 0 Å². The van der Waals surface area contributed by atoms with Crippen LogP contribution in [0.5, 0.6) is 0 Å². The average molecular weight is 1880 g/mol. The van der Waals surface area contributed by atoms with Gasteiger partial charge in [-0.2, -0.15) is 0 Å². The first kappa shape index (κ1) is 89.9. The molecule has 0 amide bonds. The van der Waals surface area contributed by atoms with Gasteiger partial charge in [0.05, 0.1) is 47.7 Å². The molecule has 4 atom stereocenters. The summed E-state index contributed by atoms with van der Waals surface area (Å²) in [5.74, 6) is 3.27. The fourth-order valence-electron chi connectivity index (χ4n) is 13.9. The van der Waals surface area contributed by atoms with Crippen LogP contribution in [0.15, 0.2) is 130 Å². The Balaban J connectivity index is 0.000000154. The molecule has 622 valence electrons. The number of fused-ring (bicyclic) bond motifs is 12. The van der Waals surface area contributed by atoms with Crippen LogP contribution >= 0.6 is 93.1 Å². The molecule has 12 heterocycles. The fraction of sp³-hybridized carbons (Fsp3) is 0.349. The number of aliphatic hydroxyl groups is 1. The summed E-state index contributed by atoms with van der Waals surface area (Å²) in [6.07, 6.45) is -0.0212. The summed E-state index contributed by atoms with van der Waals surface area (Å²) < 4.78 is 22.3. The Morgan fingerprint density at radius 3 is 0.891 bits per heavy atom. The Labute approximate surface area is 732 Å². The number of hydrogen-bond acceptors (Lipinski definition) is 24. The number of aliphatic carboxylic acids is 1. The van der Waals surface area contributed by atoms with Crippen molar-refractivity contribution in [2.45, 2.75) is 186 Å². The first-order valence-electron chi connectivity index (χ1n) is 38.1. The molecule has 4 aromatic carbocycles. The number of carboxylic acid groups (broad SMARTS) is 2. The van der Waals surface area contributed by atoms with Crippen molar-refractivity contribution in [2.24, 2.45) is 25.7 Å². The molecule has 119 heavy (non-hydrogen) atoms. The topological polar surface area (TPSA) is 346 Å². The van der Waals surface area contributed by atoms with Crippen molar-refractivity contribution in [3.63, 3.8) is 0 Å². The highest BCUT2D eigenvalue weighted by atomic mass is 79.9. The largest absolute Gasteiger partial charge is 0.481 e. The lowest BCUT2D eigenvalue weighted by Crippen LogP contribution is -2.25. The Hall–Kier alpha value is -9.84. The smallest absolute Gasteiger partial charge is 0.335 e. The van der Waals surface area contributed by atoms with E-state index in [2.05, 4.69) is 179 Å². The summed E-state index contributed by atoms with van der Waals surface area (Å²) in [5, 5.41) is 64.4. The number of ether oxygens (including phenoxy) is 2. The van der Waals surface area contributed by atoms with Crippen molar-refractivity contribution in [2.75, 3.05) is 14.2 Å². The maximum Gasteiger partial charge on any atom is 0.335 e. The number of thiophene rings is 4. The van der Waals surface area contributed by atoms with Gasteiger partial charge in [-0.25, -0.2) is 4.79 Å². The Morgan fingerprint density at radius 1 is 0.387 bits per heavy atom. The number of carbonyl (C=O) groups excluding carboxylic acids is 2. The van der Waals surface area contributed by atoms with E-state index < -0.39 is 41.3 Å². The van der Waals surface area contributed by atoms with Crippen molar-refractivity contribution in [1.82, 2.24) is 59.1 Å². The third kappa shape index (κ3) is 19.2. The van der Waals surface area contributed by atoms with Gasteiger partial charge in [0.25, 0.3) is 0 Å². The number of halogens is 3. The summed E-state index contributed by atoms with van der Waals surface area (Å²) in [5.41, 5.74) is 19.7. The summed E-state index contributed by atoms with van der Waals surface area (Å²) >= 11 is 17.3. The van der Waals surface area contributed by atoms with E-state index in [-0.39, 0.29) is 42.8 Å². The molecule has 0 bridgehead atoms. The first-order valence-corrected chi connectivity index (χ1v) is 43.7. The molecule has 16 rings (SSSR count). The standard InChI is InChI=1S/C24H26N4O4S.C23H25BrN4O2S.C19H17BrN4O2S.C18H17BrN4S.CH5N.CH4O/c1-12-13(2)33-22-19(12)20(15-7-9-16(10-8-15)23(30)31)25-17(11-18(29)32-24(4,5)6)21-27-26-14(3)28(21)22;1-12-13(2)31-22-19(12)20(15-7-9-16(24)10-8-15)25-17(11-18(29)30-23(4,5)6)21-27-26-14(3)28(21)22;1-9-10(2)27-19-16(9)17(12-4-6-13(20)7-5-12)21-14(8-15(25)26)18-23-22-11(3)24(18)19;1-9-11(3)24-18-15(9)16(13-5-7-14(19)8-6-13)20-10(2)17-22-21-12(4)23(17)18;2*1-2/h7-10,17H,11H2,1-6H3,(H,30,31);7-10,17H,11H2,1-6H3;4-7,14H,8H2,1-3H3,(H,25,26);5-8,10H,1-4H3;2H2,1H3;2H,1H3. The molecule has 5 N–H and O–H groups in total. The highest BCUT2D eigenvalue weighted by Crippen LogP contribution is 2.45. The van der Waals surface area contributed by atoms with Crippen LogP contribution in [0, 0.1) is 83.1 Å². The van der Waals surface area contributed by atoms with Crippen LogP contribution in [0.2, 0.25) is 0 Å². The molecule has 8 aromatic heterocycles. The van der Waals surface area contributed by atoms with Gasteiger partial charge in [-0.15, -0.1) is 86.1 Å². The van der Waals surface area contributed by atoms with Gasteiger partial charge in [0.2, 0.25) is 0 Å². The SMILES string of the molecule is CN.CO.Cc1sc2c(c1C)C(c1ccc(Br)cc1)=NC(C)c1nnc(C)n1-2.Cc1sc2c(c1C)C(c1ccc(Br)cc1)=NC(CC(=O)O)c1nnc(C)n1-2.Cc1sc2c(c1C)C(c1ccc(Br)cc1)=NC(CC(=O)OC(C)(C)C)c1nnc(C)n1-2.Cc1sc2c(c1C)C(c1ccc(C(=O)O)cc1)=NC(CC(=O)OC(C)(C)C)c1nnc(C)n1-2. The third-order valence-electron chi connectivity index (χ3n) is 19.8. The number of benzene rings is 4. The second-order valence-electron chi connectivity index (χ2n) is 30.3. The molecule has 33 heteroatoms. The average Bonchev–Trinajstić information content (AvgIpc) is 1.62. The zero-order chi connectivity index (χ0) is 86.9. The molecule has 0 saturated heterocycles. The van der Waals surface area contributed by atoms with Crippen LogP contribution in [-0.2, 0) is 23.9 Å². The van der Waals surface area contributed by atoms with Crippen molar-refractivity contribution < 1.29 is 44.0 Å². The van der Waals surface area contributed by atoms with E-state index in [0.717, 1.165) is 131 Å². The van der Waals surface area contributed by atoms with Crippen molar-refractivity contribution in [3.8, 4) is 20.0 Å². The van der Waals surface area contributed by atoms with Crippen LogP contribution in [0.1, 0.15) is 235 Å². The predicted molar refractivity (Wildman–Crippen MR) is 480 cm³/mol. The Kier molecular flexibility index (Phi) is 28.0. The number of esters is 2. The maximum atomic E-state index is 12.7. The number of aliphatic hydroxyl groups excluding tert-OH is 1. The number of hydrogen-bond donors (Lipinski definition) is 4. The van der Waals surface area contributed by atoms with E-state index in [9.17, 15) is 29.4 Å². The van der Waals surface area contributed by atoms with Crippen LogP contribution in [0.25, 0.3) is 20.0 Å². The second kappa shape index (κ2) is 37.0. The van der Waals surface area contributed by atoms with E-state index in [0.29, 0.717) is 29.0 Å². The molecule has 0 radical (unpaired) electrons. The zero-order valence-corrected chi connectivity index (χ0v) is 78.0. The number of aryl methyl sites for hydroxylation is 8. The van der Waals surface area contributed by atoms with E-state index in [1.54, 1.807) is 69.6 Å². The number of aromatic carboxylic acids is 1. The molecule has 4 aliphatic heterocycles. The third-order valence-corrected chi connectivity index (χ3v) is 26.1. The summed E-state index contributed by atoms with van der Waals surface area (Å²) in [6, 6.07) is 29.3. The predicted octanol–water partition coefficient (Wildman–Crippen LogP) is 18.7. The first-order chi connectivity index (χ1) is 56.3. The zero-order valence-electron chi connectivity index (χ0n) is 70.0. The number of nitrogens with zero attached hydrogens (tertiary/aromatic N) is 16. The minimum absolute atomic E-state index is 0.0130. The van der Waals surface area contributed by atoms with Gasteiger partial charge < -0.3 is 30.5 Å². The monoisotopic (exact) mass is 1870 g/mol. The van der Waals surface area contributed by atoms with Gasteiger partial charge in [0.1, 0.15) is 78.7 Å². The highest BCUT2D eigenvalue weighted by Gasteiger charge is 2.38. The normalized spacial score (nSPS) is 15.3. The van der Waals surface area contributed by atoms with E-state index in [1.165, 1.54) is 43.4 Å². The van der Waals surface area contributed by atoms with Crippen LogP contribution in [-0.4, -0.2) is 146 Å². The minimum Gasteiger partial charge on any atom is -0.481 e. The molecule has 0 saturated carbocycles. The van der Waals surface area contributed by atoms with Gasteiger partial charge in [0, 0.05) is 84.5 Å². The van der Waals surface area contributed by atoms with Gasteiger partial charge in [-0.3, -0.25) is 52.6 Å². The van der Waals surface area contributed by atoms with Crippen molar-refractivity contribution in [3.05, 3.63) is 249 Å². The van der Waals surface area contributed by atoms with Gasteiger partial charge in [-0.1, -0.05) is 96.3 Å². The number of aliphatic imine (C=N–C) groups is 4. The lowest BCUT2D eigenvalue weighted by atomic mass is 9.98. The van der Waals surface area contributed by atoms with E-state index in [1.807, 2.05) is 138 Å². The van der Waals surface area contributed by atoms with Crippen molar-refractivity contribution >= 4 is 140 Å². The summed E-state index contributed by atoms with van der Waals surface area (Å²) in [4.78, 5) is 73.2. The molecule has 26 nitrogen and oxygen atoms in total. The lowest BCUT2D eigenvalue weighted by Gasteiger charge is -2.21. The number of rotatable bonds is 11. The molecule has 0 aliphatic carbocycles. The molecular weight excluding hydrogens is 1780 g/mol. The fourth-order valence-corrected chi connectivity index (χ4v) is 19.5. The lowest BCUT2D eigenvalue weighted by molar-refractivity contribution is -0.156. The van der Waals surface area contributed by atoms with Gasteiger partial charge in [0.15, 0.2) is 23.3 Å². The number of carbonyl (C=O) groups is 4. The molecular formula is C86H94Br3N17O9S4. The van der Waals surface area contributed by atoms with Gasteiger partial charge >= 0.3 is 23.9 Å². The van der Waals surface area contributed by atoms with E-state index >= 15 is 0 Å². The molecule has 4 aliphatic rings. The highest BCUT2D eigenvalue weighted by molar-refractivity contribution is 9.11. The quantitative estimate of drug-likeness (QED) is 0.0874. The summed E-state index contributed by atoms with van der Waals surface area (Å²) in [6.45, 7) is 37.7. The molecule has 12 aromatic rings. The second-order valence-corrected chi connectivity index (χ2v) is 37.9. The minimum atomic E-state index is -0.989. The molecule has 0 fully saturated rings. The van der Waals surface area contributed by atoms with E-state index in [4.69, 9.17) is 34.5 Å². The number of nitrogens with two attached hydrogens (primary N) is 1. The number of aromatic nitrogens is 12. The van der Waals surface area contributed by atoms with Crippen LogP contribution < -0.4 is 5.73 Å². The van der Waals surface area contributed by atoms with Crippen molar-refractivity contribution in [1.29, 1.82) is 0 Å².